The van der Waals surface area contributed by atoms with Gasteiger partial charge in [0.25, 0.3) is 0 Å². The lowest BCUT2D eigenvalue weighted by Crippen LogP contribution is -2.49. The molecule has 1 saturated heterocycles. The summed E-state index contributed by atoms with van der Waals surface area (Å²) in [5.74, 6) is -0.0321. The number of nitrogens with zero attached hydrogens (tertiary/aromatic N) is 1. The normalized spacial score (nSPS) is 29.2. The summed E-state index contributed by atoms with van der Waals surface area (Å²) in [6.07, 6.45) is 1.87. The van der Waals surface area contributed by atoms with Crippen molar-refractivity contribution in [1.29, 1.82) is 0 Å². The molecule has 0 bridgehead atoms. The van der Waals surface area contributed by atoms with Crippen molar-refractivity contribution in [3.63, 3.8) is 0 Å². The molecule has 0 spiro atoms. The molecule has 2 aliphatic rings. The Kier molecular flexibility index (Phi) is 4.21. The molecule has 2 rings (SSSR count). The van der Waals surface area contributed by atoms with Crippen LogP contribution < -0.4 is 5.32 Å². The first kappa shape index (κ1) is 13.3. The van der Waals surface area contributed by atoms with Crippen LogP contribution in [-0.4, -0.2) is 56.9 Å². The minimum Gasteiger partial charge on any atom is -0.481 e. The van der Waals surface area contributed by atoms with Crippen LogP contribution in [0.2, 0.25) is 0 Å². The van der Waals surface area contributed by atoms with E-state index in [9.17, 15) is 13.8 Å². The van der Waals surface area contributed by atoms with Crippen LogP contribution >= 0.6 is 0 Å². The molecule has 0 aromatic heterocycles. The average molecular weight is 274 g/mol. The number of carboxylic acids is 1. The Labute approximate surface area is 108 Å². The predicted octanol–water partition coefficient (Wildman–Crippen LogP) is 0.0136. The Morgan fingerprint density at radius 1 is 1.22 bits per heavy atom. The Morgan fingerprint density at radius 2 is 1.89 bits per heavy atom. The van der Waals surface area contributed by atoms with E-state index in [1.54, 1.807) is 4.90 Å². The first-order valence-corrected chi connectivity index (χ1v) is 7.68. The number of hydrogen-bond donors (Lipinski definition) is 2. The zero-order valence-corrected chi connectivity index (χ0v) is 10.9. The summed E-state index contributed by atoms with van der Waals surface area (Å²) < 4.78 is 11.2. The van der Waals surface area contributed by atoms with Crippen molar-refractivity contribution >= 4 is 22.8 Å². The highest BCUT2D eigenvalue weighted by Gasteiger charge is 2.31. The van der Waals surface area contributed by atoms with E-state index in [-0.39, 0.29) is 18.0 Å². The molecule has 102 valence electrons. The molecule has 0 aromatic rings. The summed E-state index contributed by atoms with van der Waals surface area (Å²) >= 11 is 0. The molecule has 0 radical (unpaired) electrons. The van der Waals surface area contributed by atoms with Crippen LogP contribution in [0, 0.1) is 5.92 Å². The maximum atomic E-state index is 11.9. The van der Waals surface area contributed by atoms with Crippen molar-refractivity contribution in [1.82, 2.24) is 10.2 Å². The van der Waals surface area contributed by atoms with E-state index in [0.717, 1.165) is 6.42 Å². The van der Waals surface area contributed by atoms with E-state index in [0.29, 0.717) is 37.4 Å². The summed E-state index contributed by atoms with van der Waals surface area (Å²) in [5.41, 5.74) is 0. The van der Waals surface area contributed by atoms with E-state index >= 15 is 0 Å². The molecule has 1 saturated carbocycles. The van der Waals surface area contributed by atoms with Crippen molar-refractivity contribution in [3.05, 3.63) is 0 Å². The Hall–Kier alpha value is -1.11. The molecule has 2 amide bonds. The number of carbonyl (C=O) groups excluding carboxylic acids is 1. The van der Waals surface area contributed by atoms with Crippen LogP contribution in [0.3, 0.4) is 0 Å². The maximum absolute atomic E-state index is 11.9. The Morgan fingerprint density at radius 3 is 2.44 bits per heavy atom. The zero-order chi connectivity index (χ0) is 13.1. The molecule has 0 aromatic carbocycles. The van der Waals surface area contributed by atoms with Crippen LogP contribution in [0.25, 0.3) is 0 Å². The first-order valence-electron chi connectivity index (χ1n) is 6.19. The van der Waals surface area contributed by atoms with Crippen LogP contribution in [0.1, 0.15) is 19.3 Å². The second-order valence-corrected chi connectivity index (χ2v) is 6.53. The van der Waals surface area contributed by atoms with Gasteiger partial charge in [0.2, 0.25) is 0 Å². The second kappa shape index (κ2) is 5.69. The molecule has 1 aliphatic carbocycles. The molecule has 18 heavy (non-hydrogen) atoms. The van der Waals surface area contributed by atoms with E-state index in [4.69, 9.17) is 5.11 Å². The number of hydrogen-bond acceptors (Lipinski definition) is 3. The van der Waals surface area contributed by atoms with Gasteiger partial charge in [-0.15, -0.1) is 0 Å². The molecule has 2 N–H and O–H groups in total. The van der Waals surface area contributed by atoms with Gasteiger partial charge in [-0.2, -0.15) is 0 Å². The van der Waals surface area contributed by atoms with Gasteiger partial charge in [-0.1, -0.05) is 0 Å². The molecule has 1 aliphatic heterocycles. The monoisotopic (exact) mass is 274 g/mol. The van der Waals surface area contributed by atoms with Gasteiger partial charge in [-0.05, 0) is 19.3 Å². The van der Waals surface area contributed by atoms with E-state index < -0.39 is 16.8 Å². The van der Waals surface area contributed by atoms with Gasteiger partial charge in [-0.25, -0.2) is 4.79 Å². The van der Waals surface area contributed by atoms with E-state index in [1.807, 2.05) is 0 Å². The molecule has 2 fully saturated rings. The molecule has 1 heterocycles. The van der Waals surface area contributed by atoms with Gasteiger partial charge in [0, 0.05) is 41.4 Å². The number of carbonyl (C=O) groups is 2. The molecular weight excluding hydrogens is 256 g/mol. The summed E-state index contributed by atoms with van der Waals surface area (Å²) in [5, 5.41) is 11.8. The minimum atomic E-state index is -0.793. The Balaban J connectivity index is 1.78. The average Bonchev–Trinajstić information content (AvgIpc) is 2.78. The van der Waals surface area contributed by atoms with Gasteiger partial charge < -0.3 is 15.3 Å². The zero-order valence-electron chi connectivity index (χ0n) is 10.1. The molecular formula is C11H18N2O4S. The number of aliphatic carboxylic acids is 1. The highest BCUT2D eigenvalue weighted by atomic mass is 32.2. The summed E-state index contributed by atoms with van der Waals surface area (Å²) in [7, 11) is -0.793. The largest absolute Gasteiger partial charge is 0.481 e. The summed E-state index contributed by atoms with van der Waals surface area (Å²) in [6.45, 7) is 1.04. The van der Waals surface area contributed by atoms with Crippen molar-refractivity contribution < 1.29 is 18.9 Å². The smallest absolute Gasteiger partial charge is 0.317 e. The number of carboxylic acid groups (broad SMARTS) is 1. The third-order valence-electron chi connectivity index (χ3n) is 3.57. The molecule has 7 heteroatoms. The highest BCUT2D eigenvalue weighted by Crippen LogP contribution is 2.25. The number of nitrogens with one attached hydrogen (secondary N) is 1. The number of urea groups is 1. The predicted molar refractivity (Wildman–Crippen MR) is 66.7 cm³/mol. The Bertz CT molecular complexity index is 364. The fourth-order valence-corrected chi connectivity index (χ4v) is 3.50. The molecule has 2 atom stereocenters. The van der Waals surface area contributed by atoms with Crippen molar-refractivity contribution in [2.75, 3.05) is 24.6 Å². The van der Waals surface area contributed by atoms with Crippen LogP contribution in [0.5, 0.6) is 0 Å². The summed E-state index contributed by atoms with van der Waals surface area (Å²) in [6, 6.07) is -0.186. The van der Waals surface area contributed by atoms with Crippen molar-refractivity contribution in [2.45, 2.75) is 25.3 Å². The third-order valence-corrected chi connectivity index (χ3v) is 4.85. The van der Waals surface area contributed by atoms with Crippen molar-refractivity contribution in [3.8, 4) is 0 Å². The number of rotatable bonds is 2. The van der Waals surface area contributed by atoms with Gasteiger partial charge in [0.15, 0.2) is 0 Å². The first-order chi connectivity index (χ1) is 8.56. The van der Waals surface area contributed by atoms with Gasteiger partial charge in [0.05, 0.1) is 5.92 Å². The lowest BCUT2D eigenvalue weighted by Gasteiger charge is -2.28. The maximum Gasteiger partial charge on any atom is 0.317 e. The van der Waals surface area contributed by atoms with Gasteiger partial charge in [-0.3, -0.25) is 9.00 Å². The van der Waals surface area contributed by atoms with E-state index in [2.05, 4.69) is 5.32 Å². The lowest BCUT2D eigenvalue weighted by atomic mass is 10.1. The van der Waals surface area contributed by atoms with Crippen molar-refractivity contribution in [2.24, 2.45) is 5.92 Å². The minimum absolute atomic E-state index is 0.0361. The SMILES string of the molecule is O=C(O)[C@@H]1CC[C@H](NC(=O)N2CCS(=O)CC2)C1. The van der Waals surface area contributed by atoms with Gasteiger partial charge >= 0.3 is 12.0 Å². The second-order valence-electron chi connectivity index (χ2n) is 4.83. The van der Waals surface area contributed by atoms with Crippen LogP contribution in [0.15, 0.2) is 0 Å². The molecule has 0 unspecified atom stereocenters. The summed E-state index contributed by atoms with van der Waals surface area (Å²) in [4.78, 5) is 24.4. The van der Waals surface area contributed by atoms with E-state index in [1.165, 1.54) is 0 Å². The van der Waals surface area contributed by atoms with Crippen LogP contribution in [0.4, 0.5) is 4.79 Å². The quantitative estimate of drug-likeness (QED) is 0.743. The topological polar surface area (TPSA) is 86.7 Å². The molecule has 6 nitrogen and oxygen atoms in total. The van der Waals surface area contributed by atoms with Crippen LogP contribution in [-0.2, 0) is 15.6 Å². The fraction of sp³-hybridized carbons (Fsp3) is 0.818. The highest BCUT2D eigenvalue weighted by molar-refractivity contribution is 7.85. The van der Waals surface area contributed by atoms with Gasteiger partial charge in [0.1, 0.15) is 0 Å². The third kappa shape index (κ3) is 3.22. The number of amides is 2. The lowest BCUT2D eigenvalue weighted by molar-refractivity contribution is -0.141. The fourth-order valence-electron chi connectivity index (χ4n) is 2.44. The standard InChI is InChI=1S/C11H18N2O4S/c14-10(15)8-1-2-9(7-8)12-11(16)13-3-5-18(17)6-4-13/h8-9H,1-7H2,(H,12,16)(H,14,15)/t8-,9+/m1/s1.